The van der Waals surface area contributed by atoms with Gasteiger partial charge in [-0.25, -0.2) is 0 Å². The van der Waals surface area contributed by atoms with Gasteiger partial charge in [0, 0.05) is 11.5 Å². The summed E-state index contributed by atoms with van der Waals surface area (Å²) in [6.45, 7) is 8.16. The molecule has 0 aromatic heterocycles. The average Bonchev–Trinajstić information content (AvgIpc) is 2.25. The summed E-state index contributed by atoms with van der Waals surface area (Å²) in [6.07, 6.45) is 2.23. The van der Waals surface area contributed by atoms with Gasteiger partial charge in [-0.05, 0) is 48.1 Å². The van der Waals surface area contributed by atoms with Crippen LogP contribution in [0.15, 0.2) is 18.2 Å². The van der Waals surface area contributed by atoms with Crippen LogP contribution in [0.5, 0.6) is 5.75 Å². The number of phenols is 1. The van der Waals surface area contributed by atoms with Crippen molar-refractivity contribution in [2.75, 3.05) is 6.54 Å². The topological polar surface area (TPSA) is 32.3 Å². The lowest BCUT2D eigenvalue weighted by atomic mass is 9.51. The molecule has 1 heterocycles. The van der Waals surface area contributed by atoms with Gasteiger partial charge in [-0.3, -0.25) is 0 Å². The van der Waals surface area contributed by atoms with E-state index in [0.29, 0.717) is 11.8 Å². The fourth-order valence-electron chi connectivity index (χ4n) is 3.74. The molecule has 0 saturated carbocycles. The molecule has 2 aliphatic rings. The number of fused-ring (bicyclic) bond motifs is 4. The second kappa shape index (κ2) is 3.26. The van der Waals surface area contributed by atoms with Gasteiger partial charge in [-0.1, -0.05) is 26.8 Å². The zero-order valence-corrected chi connectivity index (χ0v) is 10.9. The number of phenolic OH excluding ortho intramolecular Hbond substituents is 1. The first-order valence-corrected chi connectivity index (χ1v) is 6.51. The number of hydrogen-bond donors (Lipinski definition) is 2. The van der Waals surface area contributed by atoms with Gasteiger partial charge in [0.2, 0.25) is 0 Å². The minimum Gasteiger partial charge on any atom is -0.508 e. The largest absolute Gasteiger partial charge is 0.508 e. The number of benzene rings is 1. The quantitative estimate of drug-likeness (QED) is 0.719. The summed E-state index contributed by atoms with van der Waals surface area (Å²) in [4.78, 5) is 0. The maximum atomic E-state index is 9.75. The van der Waals surface area contributed by atoms with Gasteiger partial charge in [0.25, 0.3) is 0 Å². The highest BCUT2D eigenvalue weighted by atomic mass is 16.3. The smallest absolute Gasteiger partial charge is 0.115 e. The van der Waals surface area contributed by atoms with Crippen molar-refractivity contribution >= 4 is 0 Å². The maximum absolute atomic E-state index is 9.75. The molecule has 0 radical (unpaired) electrons. The van der Waals surface area contributed by atoms with Crippen molar-refractivity contribution < 1.29 is 5.11 Å². The van der Waals surface area contributed by atoms with Gasteiger partial charge in [-0.2, -0.15) is 0 Å². The van der Waals surface area contributed by atoms with Crippen LogP contribution in [0.4, 0.5) is 0 Å². The highest BCUT2D eigenvalue weighted by Gasteiger charge is 2.53. The van der Waals surface area contributed by atoms with Crippen molar-refractivity contribution in [2.45, 2.75) is 45.1 Å². The summed E-state index contributed by atoms with van der Waals surface area (Å²) < 4.78 is 0. The van der Waals surface area contributed by atoms with Crippen molar-refractivity contribution in [3.05, 3.63) is 29.3 Å². The number of piperidine rings is 1. The van der Waals surface area contributed by atoms with Crippen LogP contribution in [0.1, 0.15) is 38.3 Å². The lowest BCUT2D eigenvalue weighted by Gasteiger charge is -2.57. The van der Waals surface area contributed by atoms with Gasteiger partial charge in [0.15, 0.2) is 0 Å². The minimum absolute atomic E-state index is 0.176. The van der Waals surface area contributed by atoms with Crippen LogP contribution in [0, 0.1) is 5.41 Å². The Morgan fingerprint density at radius 1 is 1.29 bits per heavy atom. The van der Waals surface area contributed by atoms with E-state index >= 15 is 0 Å². The van der Waals surface area contributed by atoms with E-state index in [0.717, 1.165) is 19.4 Å². The van der Waals surface area contributed by atoms with Crippen molar-refractivity contribution in [1.82, 2.24) is 5.32 Å². The predicted molar refractivity (Wildman–Crippen MR) is 69.4 cm³/mol. The molecule has 3 rings (SSSR count). The van der Waals surface area contributed by atoms with Crippen LogP contribution in [0.25, 0.3) is 0 Å². The van der Waals surface area contributed by atoms with Gasteiger partial charge < -0.3 is 10.4 Å². The summed E-state index contributed by atoms with van der Waals surface area (Å²) in [7, 11) is 0. The molecule has 2 nitrogen and oxygen atoms in total. The van der Waals surface area contributed by atoms with Crippen LogP contribution in [-0.2, 0) is 11.8 Å². The van der Waals surface area contributed by atoms with E-state index in [-0.39, 0.29) is 10.8 Å². The van der Waals surface area contributed by atoms with Crippen LogP contribution in [0.2, 0.25) is 0 Å². The molecule has 2 N–H and O–H groups in total. The van der Waals surface area contributed by atoms with Crippen molar-refractivity contribution in [2.24, 2.45) is 5.41 Å². The lowest BCUT2D eigenvalue weighted by molar-refractivity contribution is 0.0557. The molecule has 1 aromatic carbocycles. The lowest BCUT2D eigenvalue weighted by Crippen LogP contribution is -2.62. The van der Waals surface area contributed by atoms with Crippen LogP contribution >= 0.6 is 0 Å². The molecule has 92 valence electrons. The number of hydrogen-bond acceptors (Lipinski definition) is 2. The molecule has 0 unspecified atom stereocenters. The molecule has 2 heteroatoms. The van der Waals surface area contributed by atoms with Gasteiger partial charge in [0.1, 0.15) is 5.75 Å². The summed E-state index contributed by atoms with van der Waals surface area (Å²) in [5.74, 6) is 0.401. The van der Waals surface area contributed by atoms with Gasteiger partial charge in [0.05, 0.1) is 0 Å². The second-order valence-corrected chi connectivity index (χ2v) is 6.36. The fourth-order valence-corrected chi connectivity index (χ4v) is 3.74. The van der Waals surface area contributed by atoms with Crippen molar-refractivity contribution in [1.29, 1.82) is 0 Å². The first kappa shape index (κ1) is 11.1. The predicted octanol–water partition coefficient (Wildman–Crippen LogP) is 2.59. The molecule has 1 aromatic rings. The minimum atomic E-state index is 0.176. The SMILES string of the molecule is CC1(C)[C@H]2Cc3ccc(O)cc3[C@]1(C)CCN2. The molecule has 1 saturated heterocycles. The normalized spacial score (nSPS) is 34.2. The van der Waals surface area contributed by atoms with Gasteiger partial charge >= 0.3 is 0 Å². The Labute approximate surface area is 103 Å². The Morgan fingerprint density at radius 3 is 2.82 bits per heavy atom. The first-order chi connectivity index (χ1) is 7.95. The van der Waals surface area contributed by atoms with E-state index in [4.69, 9.17) is 0 Å². The third-order valence-electron chi connectivity index (χ3n) is 5.42. The second-order valence-electron chi connectivity index (χ2n) is 6.36. The maximum Gasteiger partial charge on any atom is 0.115 e. The van der Waals surface area contributed by atoms with Crippen molar-refractivity contribution in [3.8, 4) is 5.75 Å². The molecular weight excluding hydrogens is 210 g/mol. The van der Waals surface area contributed by atoms with Crippen LogP contribution in [0.3, 0.4) is 0 Å². The standard InChI is InChI=1S/C15H21NO/c1-14(2)13-8-10-4-5-11(17)9-12(10)15(14,3)6-7-16-13/h4-5,9,13,16-17H,6-8H2,1-3H3/t13-,15+/m1/s1. The molecule has 0 spiro atoms. The molecule has 2 bridgehead atoms. The number of nitrogens with one attached hydrogen (secondary N) is 1. The highest BCUT2D eigenvalue weighted by Crippen LogP contribution is 2.54. The molecular formula is C15H21NO. The molecule has 2 atom stereocenters. The Morgan fingerprint density at radius 2 is 2.06 bits per heavy atom. The zero-order valence-electron chi connectivity index (χ0n) is 10.9. The average molecular weight is 231 g/mol. The summed E-state index contributed by atoms with van der Waals surface area (Å²) >= 11 is 0. The Bertz CT molecular complexity index is 466. The fraction of sp³-hybridized carbons (Fsp3) is 0.600. The van der Waals surface area contributed by atoms with E-state index in [1.54, 1.807) is 0 Å². The summed E-state index contributed by atoms with van der Waals surface area (Å²) in [5, 5.41) is 13.4. The monoisotopic (exact) mass is 231 g/mol. The summed E-state index contributed by atoms with van der Waals surface area (Å²) in [5.41, 5.74) is 3.18. The first-order valence-electron chi connectivity index (χ1n) is 6.51. The van der Waals surface area contributed by atoms with E-state index in [1.165, 1.54) is 11.1 Å². The van der Waals surface area contributed by atoms with Crippen molar-refractivity contribution in [3.63, 3.8) is 0 Å². The molecule has 1 aliphatic heterocycles. The number of aromatic hydroxyl groups is 1. The zero-order chi connectivity index (χ0) is 12.3. The molecule has 1 aliphatic carbocycles. The molecule has 1 fully saturated rings. The Hall–Kier alpha value is -1.02. The van der Waals surface area contributed by atoms with Gasteiger partial charge in [-0.15, -0.1) is 0 Å². The van der Waals surface area contributed by atoms with E-state index < -0.39 is 0 Å². The molecule has 17 heavy (non-hydrogen) atoms. The van der Waals surface area contributed by atoms with E-state index in [1.807, 2.05) is 12.1 Å². The van der Waals surface area contributed by atoms with Crippen LogP contribution < -0.4 is 5.32 Å². The molecule has 0 amide bonds. The Kier molecular flexibility index (Phi) is 2.13. The van der Waals surface area contributed by atoms with E-state index in [9.17, 15) is 5.11 Å². The number of rotatable bonds is 0. The third-order valence-corrected chi connectivity index (χ3v) is 5.42. The highest BCUT2D eigenvalue weighted by molar-refractivity contribution is 5.45. The Balaban J connectivity index is 2.23. The van der Waals surface area contributed by atoms with E-state index in [2.05, 4.69) is 32.2 Å². The summed E-state index contributed by atoms with van der Waals surface area (Å²) in [6, 6.07) is 6.45. The third kappa shape index (κ3) is 1.30. The van der Waals surface area contributed by atoms with Crippen LogP contribution in [-0.4, -0.2) is 17.7 Å².